The molecule has 2 unspecified atom stereocenters. The predicted octanol–water partition coefficient (Wildman–Crippen LogP) is 2.83. The second-order valence-electron chi connectivity index (χ2n) is 9.53. The molecule has 0 heterocycles. The maximum atomic E-state index is 13.2. The van der Waals surface area contributed by atoms with Crippen LogP contribution in [-0.4, -0.2) is 35.2 Å². The first-order valence-electron chi connectivity index (χ1n) is 9.95. The molecule has 0 aromatic rings. The summed E-state index contributed by atoms with van der Waals surface area (Å²) >= 11 is 0. The van der Waals surface area contributed by atoms with Crippen LogP contribution in [0.25, 0.3) is 0 Å². The van der Waals surface area contributed by atoms with Gasteiger partial charge < -0.3 is 15.2 Å². The minimum atomic E-state index is -1.20. The van der Waals surface area contributed by atoms with Crippen molar-refractivity contribution in [2.45, 2.75) is 70.9 Å². The van der Waals surface area contributed by atoms with Gasteiger partial charge in [-0.25, -0.2) is 4.79 Å². The molecule has 2 N–H and O–H groups in total. The van der Waals surface area contributed by atoms with Crippen molar-refractivity contribution in [2.24, 2.45) is 35.0 Å². The third kappa shape index (κ3) is 2.37. The summed E-state index contributed by atoms with van der Waals surface area (Å²) in [7, 11) is 0. The number of hydrogen-bond donors (Lipinski definition) is 2. The molecule has 5 nitrogen and oxygen atoms in total. The number of amides is 1. The first-order valence-corrected chi connectivity index (χ1v) is 9.95. The Bertz CT molecular complexity index is 558. The lowest BCUT2D eigenvalue weighted by molar-refractivity contribution is -0.197. The van der Waals surface area contributed by atoms with E-state index in [4.69, 9.17) is 4.74 Å². The number of carboxylic acids is 1. The SMILES string of the molecule is CCOC1CC(NC(=O)C2C3CC4CC(C3)CC2C4)(C(=O)O)C1(C)C. The zero-order valence-electron chi connectivity index (χ0n) is 15.6. The molecule has 5 aliphatic carbocycles. The van der Waals surface area contributed by atoms with Crippen molar-refractivity contribution in [3.05, 3.63) is 0 Å². The normalized spacial score (nSPS) is 46.5. The first kappa shape index (κ1) is 17.3. The lowest BCUT2D eigenvalue weighted by Crippen LogP contribution is -2.77. The highest BCUT2D eigenvalue weighted by atomic mass is 16.5. The van der Waals surface area contributed by atoms with Gasteiger partial charge in [-0.1, -0.05) is 13.8 Å². The molecule has 5 fully saturated rings. The average molecular weight is 349 g/mol. The summed E-state index contributed by atoms with van der Waals surface area (Å²) < 4.78 is 5.71. The highest BCUT2D eigenvalue weighted by Crippen LogP contribution is 2.57. The van der Waals surface area contributed by atoms with Crippen molar-refractivity contribution in [1.29, 1.82) is 0 Å². The van der Waals surface area contributed by atoms with Gasteiger partial charge in [0.2, 0.25) is 5.91 Å². The molecule has 4 bridgehead atoms. The Kier molecular flexibility index (Phi) is 3.95. The molecular weight excluding hydrogens is 318 g/mol. The van der Waals surface area contributed by atoms with Crippen LogP contribution in [0.15, 0.2) is 0 Å². The monoisotopic (exact) mass is 349 g/mol. The Hall–Kier alpha value is -1.10. The van der Waals surface area contributed by atoms with Gasteiger partial charge in [0.25, 0.3) is 0 Å². The second-order valence-corrected chi connectivity index (χ2v) is 9.53. The molecule has 1 amide bonds. The minimum Gasteiger partial charge on any atom is -0.479 e. The number of aliphatic carboxylic acids is 1. The summed E-state index contributed by atoms with van der Waals surface area (Å²) in [6.07, 6.45) is 6.25. The zero-order valence-corrected chi connectivity index (χ0v) is 15.6. The van der Waals surface area contributed by atoms with E-state index in [0.29, 0.717) is 24.9 Å². The summed E-state index contributed by atoms with van der Waals surface area (Å²) in [5, 5.41) is 13.0. The molecule has 5 rings (SSSR count). The molecule has 0 aromatic carbocycles. The van der Waals surface area contributed by atoms with Gasteiger partial charge in [-0.05, 0) is 62.7 Å². The number of hydrogen-bond acceptors (Lipinski definition) is 3. The Morgan fingerprint density at radius 2 is 1.64 bits per heavy atom. The number of rotatable bonds is 5. The van der Waals surface area contributed by atoms with Gasteiger partial charge in [0.1, 0.15) is 5.54 Å². The first-order chi connectivity index (χ1) is 11.8. The maximum Gasteiger partial charge on any atom is 0.330 e. The van der Waals surface area contributed by atoms with Crippen LogP contribution in [0.1, 0.15) is 59.3 Å². The molecule has 5 aliphatic rings. The van der Waals surface area contributed by atoms with Crippen molar-refractivity contribution in [2.75, 3.05) is 6.61 Å². The van der Waals surface area contributed by atoms with Crippen molar-refractivity contribution >= 4 is 11.9 Å². The summed E-state index contributed by atoms with van der Waals surface area (Å²) in [4.78, 5) is 25.3. The molecule has 0 spiro atoms. The third-order valence-electron chi connectivity index (χ3n) is 8.00. The van der Waals surface area contributed by atoms with E-state index in [1.165, 1.54) is 6.42 Å². The zero-order chi connectivity index (χ0) is 18.0. The fourth-order valence-corrected chi connectivity index (χ4v) is 6.68. The fourth-order valence-electron chi connectivity index (χ4n) is 6.68. The van der Waals surface area contributed by atoms with Crippen molar-refractivity contribution in [1.82, 2.24) is 5.32 Å². The lowest BCUT2D eigenvalue weighted by atomic mass is 9.51. The number of ether oxygens (including phenoxy) is 1. The van der Waals surface area contributed by atoms with Crippen molar-refractivity contribution in [3.8, 4) is 0 Å². The molecule has 2 atom stereocenters. The van der Waals surface area contributed by atoms with E-state index < -0.39 is 16.9 Å². The van der Waals surface area contributed by atoms with Gasteiger partial charge in [0.15, 0.2) is 0 Å². The molecule has 25 heavy (non-hydrogen) atoms. The summed E-state index contributed by atoms with van der Waals surface area (Å²) in [5.41, 5.74) is -1.80. The van der Waals surface area contributed by atoms with Crippen LogP contribution in [0.4, 0.5) is 0 Å². The molecule has 5 heteroatoms. The van der Waals surface area contributed by atoms with Crippen LogP contribution in [0.3, 0.4) is 0 Å². The molecule has 0 aliphatic heterocycles. The molecule has 5 saturated carbocycles. The van der Waals surface area contributed by atoms with E-state index in [-0.39, 0.29) is 17.9 Å². The fraction of sp³-hybridized carbons (Fsp3) is 0.900. The van der Waals surface area contributed by atoms with Crippen LogP contribution in [-0.2, 0) is 14.3 Å². The van der Waals surface area contributed by atoms with Crippen LogP contribution in [0.2, 0.25) is 0 Å². The standard InChI is InChI=1S/C20H31NO4/c1-4-25-15-10-20(18(23)24,19(15,2)3)21-17(22)16-13-6-11-5-12(8-13)9-14(16)7-11/h11-16H,4-10H2,1-3H3,(H,21,22)(H,23,24). The average Bonchev–Trinajstić information content (AvgIpc) is 2.52. The van der Waals surface area contributed by atoms with E-state index in [1.807, 2.05) is 20.8 Å². The molecule has 0 radical (unpaired) electrons. The van der Waals surface area contributed by atoms with Crippen LogP contribution >= 0.6 is 0 Å². The van der Waals surface area contributed by atoms with Gasteiger partial charge in [0, 0.05) is 24.4 Å². The van der Waals surface area contributed by atoms with Gasteiger partial charge in [-0.15, -0.1) is 0 Å². The van der Waals surface area contributed by atoms with Crippen LogP contribution in [0.5, 0.6) is 0 Å². The third-order valence-corrected chi connectivity index (χ3v) is 8.00. The largest absolute Gasteiger partial charge is 0.479 e. The predicted molar refractivity (Wildman–Crippen MR) is 92.9 cm³/mol. The van der Waals surface area contributed by atoms with Gasteiger partial charge in [-0.2, -0.15) is 0 Å². The van der Waals surface area contributed by atoms with Crippen LogP contribution < -0.4 is 5.32 Å². The Balaban J connectivity index is 1.52. The Morgan fingerprint density at radius 3 is 2.08 bits per heavy atom. The van der Waals surface area contributed by atoms with Gasteiger partial charge in [0.05, 0.1) is 6.10 Å². The number of carbonyl (C=O) groups is 2. The van der Waals surface area contributed by atoms with E-state index in [0.717, 1.165) is 37.5 Å². The quantitative estimate of drug-likeness (QED) is 0.800. The molecular formula is C20H31NO4. The maximum absolute atomic E-state index is 13.2. The van der Waals surface area contributed by atoms with E-state index >= 15 is 0 Å². The lowest BCUT2D eigenvalue weighted by Gasteiger charge is -2.59. The van der Waals surface area contributed by atoms with Gasteiger partial charge >= 0.3 is 5.97 Å². The highest BCUT2D eigenvalue weighted by molar-refractivity contribution is 5.90. The Labute approximate surface area is 149 Å². The molecule has 140 valence electrons. The minimum absolute atomic E-state index is 0.0146. The van der Waals surface area contributed by atoms with Gasteiger partial charge in [-0.3, -0.25) is 4.79 Å². The number of carboxylic acid groups (broad SMARTS) is 1. The summed E-state index contributed by atoms with van der Waals surface area (Å²) in [6.45, 7) is 6.29. The highest BCUT2D eigenvalue weighted by Gasteiger charge is 2.67. The number of nitrogens with one attached hydrogen (secondary N) is 1. The molecule has 0 saturated heterocycles. The van der Waals surface area contributed by atoms with Crippen LogP contribution in [0, 0.1) is 35.0 Å². The Morgan fingerprint density at radius 1 is 1.08 bits per heavy atom. The smallest absolute Gasteiger partial charge is 0.330 e. The summed E-state index contributed by atoms with van der Waals surface area (Å²) in [6, 6.07) is 0. The number of carbonyl (C=O) groups excluding carboxylic acids is 1. The topological polar surface area (TPSA) is 75.6 Å². The summed E-state index contributed by atoms with van der Waals surface area (Å²) in [5.74, 6) is 1.63. The van der Waals surface area contributed by atoms with E-state index in [9.17, 15) is 14.7 Å². The van der Waals surface area contributed by atoms with Crippen molar-refractivity contribution < 1.29 is 19.4 Å². The molecule has 0 aromatic heterocycles. The van der Waals surface area contributed by atoms with E-state index in [1.54, 1.807) is 0 Å². The van der Waals surface area contributed by atoms with Crippen molar-refractivity contribution in [3.63, 3.8) is 0 Å². The van der Waals surface area contributed by atoms with E-state index in [2.05, 4.69) is 5.32 Å². The second kappa shape index (κ2) is 5.70.